The Morgan fingerprint density at radius 1 is 1.18 bits per heavy atom. The van der Waals surface area contributed by atoms with Crippen molar-refractivity contribution in [1.29, 1.82) is 0 Å². The Kier molecular flexibility index (Phi) is 8.47. The second-order valence-corrected chi connectivity index (χ2v) is 10.1. The largest absolute Gasteiger partial charge is 0.416 e. The number of ketones is 1. The SMILES string of the molecule is CC(CC(=O)c1ncnc(N)c1Cl)c1ncc(C(=O)Nc2cc(C(=O)N3CCOCC3)cc(C(F)(F)F)c2)s1. The summed E-state index contributed by atoms with van der Waals surface area (Å²) in [6.45, 7) is 2.78. The molecule has 0 saturated carbocycles. The summed E-state index contributed by atoms with van der Waals surface area (Å²) in [7, 11) is 0. The molecule has 2 aromatic heterocycles. The first-order valence-corrected chi connectivity index (χ1v) is 12.8. The molecular weight excluding hydrogens is 561 g/mol. The number of thiazole rings is 1. The van der Waals surface area contributed by atoms with Crippen LogP contribution in [0.15, 0.2) is 30.7 Å². The fourth-order valence-corrected chi connectivity index (χ4v) is 4.86. The summed E-state index contributed by atoms with van der Waals surface area (Å²) >= 11 is 7.00. The number of nitrogens with two attached hydrogens (primary N) is 1. The molecule has 1 unspecified atom stereocenters. The number of nitrogens with one attached hydrogen (secondary N) is 1. The molecule has 1 atom stereocenters. The number of Topliss-reactive ketones (excluding diaryl/α,β-unsaturated/α-hetero) is 1. The van der Waals surface area contributed by atoms with Crippen LogP contribution in [0.5, 0.6) is 0 Å². The van der Waals surface area contributed by atoms with Gasteiger partial charge < -0.3 is 20.7 Å². The molecule has 0 bridgehead atoms. The van der Waals surface area contributed by atoms with Crippen molar-refractivity contribution in [2.75, 3.05) is 37.4 Å². The lowest BCUT2D eigenvalue weighted by atomic mass is 10.0. The maximum absolute atomic E-state index is 13.6. The van der Waals surface area contributed by atoms with E-state index in [4.69, 9.17) is 22.1 Å². The Hall–Kier alpha value is -3.62. The minimum atomic E-state index is -4.74. The number of nitrogens with zero attached hydrogens (tertiary/aromatic N) is 4. The summed E-state index contributed by atoms with van der Waals surface area (Å²) in [5, 5.41) is 2.81. The first-order valence-electron chi connectivity index (χ1n) is 11.6. The monoisotopic (exact) mass is 582 g/mol. The van der Waals surface area contributed by atoms with Gasteiger partial charge in [0.05, 0.1) is 30.0 Å². The van der Waals surface area contributed by atoms with Gasteiger partial charge >= 0.3 is 6.18 Å². The van der Waals surface area contributed by atoms with Gasteiger partial charge in [0.15, 0.2) is 5.78 Å². The van der Waals surface area contributed by atoms with Crippen LogP contribution in [0, 0.1) is 0 Å². The highest BCUT2D eigenvalue weighted by Crippen LogP contribution is 2.33. The second kappa shape index (κ2) is 11.6. The van der Waals surface area contributed by atoms with Crippen LogP contribution in [0.2, 0.25) is 5.02 Å². The van der Waals surface area contributed by atoms with Crippen LogP contribution >= 0.6 is 22.9 Å². The molecule has 15 heteroatoms. The minimum absolute atomic E-state index is 0.0275. The van der Waals surface area contributed by atoms with Gasteiger partial charge in [-0.2, -0.15) is 13.2 Å². The Labute approximate surface area is 229 Å². The number of anilines is 2. The number of hydrogen-bond acceptors (Lipinski definition) is 9. The van der Waals surface area contributed by atoms with Gasteiger partial charge in [-0.05, 0) is 18.2 Å². The van der Waals surface area contributed by atoms with Gasteiger partial charge in [0.25, 0.3) is 11.8 Å². The van der Waals surface area contributed by atoms with E-state index in [1.807, 2.05) is 0 Å². The summed E-state index contributed by atoms with van der Waals surface area (Å²) in [4.78, 5) is 51.6. The van der Waals surface area contributed by atoms with E-state index in [1.165, 1.54) is 17.2 Å². The highest BCUT2D eigenvalue weighted by Gasteiger charge is 2.33. The Morgan fingerprint density at radius 2 is 1.90 bits per heavy atom. The molecule has 3 aromatic rings. The molecule has 0 aliphatic carbocycles. The number of benzene rings is 1. The zero-order chi connectivity index (χ0) is 28.3. The van der Waals surface area contributed by atoms with Crippen LogP contribution in [0.3, 0.4) is 0 Å². The molecular formula is C24H22ClF3N6O4S. The van der Waals surface area contributed by atoms with Gasteiger partial charge in [0, 0.05) is 36.7 Å². The summed E-state index contributed by atoms with van der Waals surface area (Å²) in [6, 6.07) is 2.72. The lowest BCUT2D eigenvalue weighted by molar-refractivity contribution is -0.137. The molecule has 1 saturated heterocycles. The van der Waals surface area contributed by atoms with Crippen LogP contribution in [0.1, 0.15) is 60.4 Å². The molecule has 39 heavy (non-hydrogen) atoms. The fourth-order valence-electron chi connectivity index (χ4n) is 3.79. The lowest BCUT2D eigenvalue weighted by Gasteiger charge is -2.27. The van der Waals surface area contributed by atoms with Gasteiger partial charge in [-0.3, -0.25) is 14.4 Å². The Bertz CT molecular complexity index is 1410. The van der Waals surface area contributed by atoms with Crippen LogP contribution in [0.25, 0.3) is 0 Å². The molecule has 3 heterocycles. The summed E-state index contributed by atoms with van der Waals surface area (Å²) in [5.41, 5.74) is 4.12. The summed E-state index contributed by atoms with van der Waals surface area (Å²) in [6.07, 6.45) is -2.39. The Morgan fingerprint density at radius 3 is 2.59 bits per heavy atom. The highest BCUT2D eigenvalue weighted by atomic mass is 35.5. The van der Waals surface area contributed by atoms with E-state index >= 15 is 0 Å². The van der Waals surface area contributed by atoms with Gasteiger partial charge in [0.1, 0.15) is 27.7 Å². The molecule has 206 valence electrons. The van der Waals surface area contributed by atoms with E-state index in [0.29, 0.717) is 5.01 Å². The zero-order valence-electron chi connectivity index (χ0n) is 20.4. The number of amides is 2. The number of halogens is 4. The van der Waals surface area contributed by atoms with Crippen LogP contribution in [0.4, 0.5) is 24.7 Å². The van der Waals surface area contributed by atoms with Gasteiger partial charge in [-0.25, -0.2) is 15.0 Å². The third-order valence-electron chi connectivity index (χ3n) is 5.80. The third-order valence-corrected chi connectivity index (χ3v) is 7.40. The van der Waals surface area contributed by atoms with Crippen LogP contribution < -0.4 is 11.1 Å². The van der Waals surface area contributed by atoms with Crippen molar-refractivity contribution < 1.29 is 32.3 Å². The quantitative estimate of drug-likeness (QED) is 0.393. The number of morpholine rings is 1. The van der Waals surface area contributed by atoms with Crippen molar-refractivity contribution in [3.63, 3.8) is 0 Å². The van der Waals surface area contributed by atoms with Crippen LogP contribution in [-0.2, 0) is 10.9 Å². The van der Waals surface area contributed by atoms with Crippen molar-refractivity contribution in [1.82, 2.24) is 19.9 Å². The number of alkyl halides is 3. The lowest BCUT2D eigenvalue weighted by Crippen LogP contribution is -2.40. The summed E-state index contributed by atoms with van der Waals surface area (Å²) in [5.74, 6) is -2.16. The van der Waals surface area contributed by atoms with Crippen LogP contribution in [-0.4, -0.2) is 63.8 Å². The van der Waals surface area contributed by atoms with E-state index < -0.39 is 35.3 Å². The van der Waals surface area contributed by atoms with Crippen molar-refractivity contribution in [3.8, 4) is 0 Å². The van der Waals surface area contributed by atoms with E-state index in [9.17, 15) is 27.6 Å². The van der Waals surface area contributed by atoms with Gasteiger partial charge in [-0.15, -0.1) is 11.3 Å². The normalized spacial score (nSPS) is 14.6. The highest BCUT2D eigenvalue weighted by molar-refractivity contribution is 7.13. The molecule has 4 rings (SSSR count). The molecule has 1 aliphatic heterocycles. The first-order chi connectivity index (χ1) is 18.4. The van der Waals surface area contributed by atoms with Crippen molar-refractivity contribution in [3.05, 3.63) is 62.5 Å². The minimum Gasteiger partial charge on any atom is -0.382 e. The second-order valence-electron chi connectivity index (χ2n) is 8.67. The molecule has 0 radical (unpaired) electrons. The number of nitrogen functional groups attached to an aromatic ring is 1. The molecule has 3 N–H and O–H groups in total. The molecule has 1 aliphatic rings. The molecule has 1 fully saturated rings. The van der Waals surface area contributed by atoms with Crippen molar-refractivity contribution in [2.24, 2.45) is 0 Å². The molecule has 0 spiro atoms. The van der Waals surface area contributed by atoms with Crippen molar-refractivity contribution in [2.45, 2.75) is 25.4 Å². The van der Waals surface area contributed by atoms with E-state index in [1.54, 1.807) is 6.92 Å². The molecule has 10 nitrogen and oxygen atoms in total. The average molecular weight is 583 g/mol. The van der Waals surface area contributed by atoms with E-state index in [0.717, 1.165) is 29.8 Å². The maximum Gasteiger partial charge on any atom is 0.416 e. The predicted molar refractivity (Wildman–Crippen MR) is 137 cm³/mol. The summed E-state index contributed by atoms with van der Waals surface area (Å²) < 4.78 is 45.9. The first kappa shape index (κ1) is 28.4. The zero-order valence-corrected chi connectivity index (χ0v) is 22.0. The number of rotatable bonds is 7. The Balaban J connectivity index is 1.50. The maximum atomic E-state index is 13.6. The predicted octanol–water partition coefficient (Wildman–Crippen LogP) is 4.29. The number of ether oxygens (including phenoxy) is 1. The number of carbonyl (C=O) groups is 3. The topological polar surface area (TPSA) is 140 Å². The van der Waals surface area contributed by atoms with E-state index in [-0.39, 0.29) is 65.4 Å². The van der Waals surface area contributed by atoms with Gasteiger partial charge in [0.2, 0.25) is 0 Å². The standard InChI is InChI=1S/C24H22ClF3N6O4S/c1-12(6-16(35)19-18(25)20(29)32-11-31-19)22-30-10-17(39-22)21(36)33-15-8-13(7-14(9-15)24(26,27)28)23(37)34-2-4-38-5-3-34/h7-12H,2-6H2,1H3,(H,33,36)(H2,29,31,32). The number of aromatic nitrogens is 3. The van der Waals surface area contributed by atoms with E-state index in [2.05, 4.69) is 20.3 Å². The van der Waals surface area contributed by atoms with Crippen molar-refractivity contribution >= 4 is 52.0 Å². The number of hydrogen-bond donors (Lipinski definition) is 2. The van der Waals surface area contributed by atoms with Gasteiger partial charge in [-0.1, -0.05) is 18.5 Å². The molecule has 1 aromatic carbocycles. The third kappa shape index (κ3) is 6.69. The number of carbonyl (C=O) groups excluding carboxylic acids is 3. The smallest absolute Gasteiger partial charge is 0.382 e. The molecule has 2 amide bonds. The average Bonchev–Trinajstić information content (AvgIpc) is 3.40. The fraction of sp³-hybridized carbons (Fsp3) is 0.333.